The van der Waals surface area contributed by atoms with Gasteiger partial charge in [0.05, 0.1) is 0 Å². The molecule has 0 atom stereocenters. The van der Waals surface area contributed by atoms with E-state index in [4.69, 9.17) is 0 Å². The molecule has 0 amide bonds. The van der Waals surface area contributed by atoms with Crippen molar-refractivity contribution in [3.8, 4) is 10.7 Å². The number of aromatic nitrogens is 3. The average Bonchev–Trinajstić information content (AvgIpc) is 3.04. The molecular weight excluding hydrogens is 256 g/mol. The van der Waals surface area contributed by atoms with Crippen LogP contribution in [-0.2, 0) is 0 Å². The zero-order valence-electron chi connectivity index (χ0n) is 10.7. The van der Waals surface area contributed by atoms with Gasteiger partial charge in [0.25, 0.3) is 0 Å². The SMILES string of the molecule is c1ccc(-c2nnc(N3CCCC4(CC4)C3)s2)nc1. The fourth-order valence-electron chi connectivity index (χ4n) is 2.89. The van der Waals surface area contributed by atoms with Gasteiger partial charge in [0.2, 0.25) is 5.13 Å². The van der Waals surface area contributed by atoms with Crippen molar-refractivity contribution in [3.63, 3.8) is 0 Å². The first kappa shape index (κ1) is 11.3. The van der Waals surface area contributed by atoms with Crippen molar-refractivity contribution in [1.82, 2.24) is 15.2 Å². The minimum absolute atomic E-state index is 0.620. The molecule has 2 aliphatic rings. The Morgan fingerprint density at radius 3 is 2.89 bits per heavy atom. The molecule has 0 N–H and O–H groups in total. The van der Waals surface area contributed by atoms with Crippen molar-refractivity contribution >= 4 is 16.5 Å². The van der Waals surface area contributed by atoms with E-state index in [-0.39, 0.29) is 0 Å². The lowest BCUT2D eigenvalue weighted by molar-refractivity contribution is 0.394. The Kier molecular flexibility index (Phi) is 2.55. The summed E-state index contributed by atoms with van der Waals surface area (Å²) in [4.78, 5) is 6.76. The first-order valence-corrected chi connectivity index (χ1v) is 7.66. The van der Waals surface area contributed by atoms with Gasteiger partial charge in [-0.15, -0.1) is 10.2 Å². The summed E-state index contributed by atoms with van der Waals surface area (Å²) in [6, 6.07) is 5.90. The third kappa shape index (κ3) is 2.12. The van der Waals surface area contributed by atoms with Crippen LogP contribution in [-0.4, -0.2) is 28.3 Å². The van der Waals surface area contributed by atoms with E-state index in [1.54, 1.807) is 17.5 Å². The standard InChI is InChI=1S/C14H16N4S/c1-2-8-15-11(4-1)12-16-17-13(19-12)18-9-3-5-14(10-18)6-7-14/h1-2,4,8H,3,5-7,9-10H2. The van der Waals surface area contributed by atoms with Gasteiger partial charge < -0.3 is 4.90 Å². The zero-order chi connectivity index (χ0) is 12.7. The van der Waals surface area contributed by atoms with Gasteiger partial charge in [-0.3, -0.25) is 4.98 Å². The quantitative estimate of drug-likeness (QED) is 0.843. The predicted octanol–water partition coefficient (Wildman–Crippen LogP) is 2.98. The topological polar surface area (TPSA) is 41.9 Å². The number of rotatable bonds is 2. The highest BCUT2D eigenvalue weighted by Crippen LogP contribution is 2.52. The molecule has 0 aromatic carbocycles. The van der Waals surface area contributed by atoms with Crippen LogP contribution in [0.5, 0.6) is 0 Å². The van der Waals surface area contributed by atoms with Gasteiger partial charge in [0.1, 0.15) is 5.69 Å². The van der Waals surface area contributed by atoms with Crippen molar-refractivity contribution in [1.29, 1.82) is 0 Å². The molecule has 2 fully saturated rings. The number of piperidine rings is 1. The minimum Gasteiger partial charge on any atom is -0.346 e. The van der Waals surface area contributed by atoms with Crippen LogP contribution in [0.1, 0.15) is 25.7 Å². The summed E-state index contributed by atoms with van der Waals surface area (Å²) in [6.45, 7) is 2.29. The van der Waals surface area contributed by atoms with Crippen molar-refractivity contribution in [2.24, 2.45) is 5.41 Å². The number of hydrogen-bond donors (Lipinski definition) is 0. The lowest BCUT2D eigenvalue weighted by atomic mass is 9.96. The second-order valence-corrected chi connectivity index (χ2v) is 6.59. The van der Waals surface area contributed by atoms with Crippen LogP contribution in [0, 0.1) is 5.41 Å². The molecule has 1 aliphatic heterocycles. The van der Waals surface area contributed by atoms with Gasteiger partial charge in [0, 0.05) is 19.3 Å². The van der Waals surface area contributed by atoms with Crippen LogP contribution in [0.25, 0.3) is 10.7 Å². The van der Waals surface area contributed by atoms with E-state index in [2.05, 4.69) is 20.1 Å². The maximum atomic E-state index is 4.36. The van der Waals surface area contributed by atoms with Crippen LogP contribution in [0.3, 0.4) is 0 Å². The van der Waals surface area contributed by atoms with Gasteiger partial charge >= 0.3 is 0 Å². The fraction of sp³-hybridized carbons (Fsp3) is 0.500. The van der Waals surface area contributed by atoms with Crippen LogP contribution >= 0.6 is 11.3 Å². The molecule has 0 bridgehead atoms. The van der Waals surface area contributed by atoms with Gasteiger partial charge in [-0.05, 0) is 43.2 Å². The third-order valence-corrected chi connectivity index (χ3v) is 5.19. The first-order chi connectivity index (χ1) is 9.35. The van der Waals surface area contributed by atoms with Gasteiger partial charge in [0.15, 0.2) is 5.01 Å². The zero-order valence-corrected chi connectivity index (χ0v) is 11.6. The van der Waals surface area contributed by atoms with E-state index >= 15 is 0 Å². The molecule has 98 valence electrons. The Bertz CT molecular complexity index is 576. The summed E-state index contributed by atoms with van der Waals surface area (Å²) in [6.07, 6.45) is 7.29. The number of nitrogens with zero attached hydrogens (tertiary/aromatic N) is 4. The van der Waals surface area contributed by atoms with E-state index in [1.165, 1.54) is 32.2 Å². The van der Waals surface area contributed by atoms with E-state index in [0.717, 1.165) is 22.4 Å². The molecular formula is C14H16N4S. The second-order valence-electron chi connectivity index (χ2n) is 5.63. The molecule has 19 heavy (non-hydrogen) atoms. The van der Waals surface area contributed by atoms with Gasteiger partial charge in [-0.25, -0.2) is 0 Å². The summed E-state index contributed by atoms with van der Waals surface area (Å²) < 4.78 is 0. The van der Waals surface area contributed by atoms with Crippen LogP contribution < -0.4 is 4.90 Å². The van der Waals surface area contributed by atoms with Gasteiger partial charge in [-0.1, -0.05) is 17.4 Å². The molecule has 4 nitrogen and oxygen atoms in total. The lowest BCUT2D eigenvalue weighted by Crippen LogP contribution is -2.36. The van der Waals surface area contributed by atoms with E-state index in [9.17, 15) is 0 Å². The highest BCUT2D eigenvalue weighted by Gasteiger charge is 2.45. The van der Waals surface area contributed by atoms with Gasteiger partial charge in [-0.2, -0.15) is 0 Å². The summed E-state index contributed by atoms with van der Waals surface area (Å²) in [7, 11) is 0. The summed E-state index contributed by atoms with van der Waals surface area (Å²) >= 11 is 1.66. The predicted molar refractivity (Wildman–Crippen MR) is 76.3 cm³/mol. The average molecular weight is 272 g/mol. The smallest absolute Gasteiger partial charge is 0.208 e. The summed E-state index contributed by atoms with van der Waals surface area (Å²) in [5, 5.41) is 10.6. The molecule has 5 heteroatoms. The van der Waals surface area contributed by atoms with Crippen molar-refractivity contribution in [2.75, 3.05) is 18.0 Å². The maximum absolute atomic E-state index is 4.36. The molecule has 2 aromatic rings. The Labute approximate surface area is 116 Å². The molecule has 1 saturated carbocycles. The van der Waals surface area contributed by atoms with Crippen LogP contribution in [0.15, 0.2) is 24.4 Å². The molecule has 3 heterocycles. The van der Waals surface area contributed by atoms with E-state index < -0.39 is 0 Å². The van der Waals surface area contributed by atoms with E-state index in [1.807, 2.05) is 18.2 Å². The number of pyridine rings is 1. The monoisotopic (exact) mass is 272 g/mol. The third-order valence-electron chi connectivity index (χ3n) is 4.19. The molecule has 0 radical (unpaired) electrons. The minimum atomic E-state index is 0.620. The first-order valence-electron chi connectivity index (χ1n) is 6.85. The maximum Gasteiger partial charge on any atom is 0.208 e. The Balaban J connectivity index is 1.58. The largest absolute Gasteiger partial charge is 0.346 e. The summed E-state index contributed by atoms with van der Waals surface area (Å²) in [5.74, 6) is 0. The molecule has 1 saturated heterocycles. The Hall–Kier alpha value is -1.49. The number of hydrogen-bond acceptors (Lipinski definition) is 5. The fourth-order valence-corrected chi connectivity index (χ4v) is 3.74. The van der Waals surface area contributed by atoms with Crippen molar-refractivity contribution < 1.29 is 0 Å². The molecule has 0 unspecified atom stereocenters. The Morgan fingerprint density at radius 2 is 2.11 bits per heavy atom. The highest BCUT2D eigenvalue weighted by molar-refractivity contribution is 7.18. The summed E-state index contributed by atoms with van der Waals surface area (Å²) in [5.41, 5.74) is 1.54. The lowest BCUT2D eigenvalue weighted by Gasteiger charge is -2.32. The normalized spacial score (nSPS) is 20.7. The second kappa shape index (κ2) is 4.27. The van der Waals surface area contributed by atoms with Crippen LogP contribution in [0.4, 0.5) is 5.13 Å². The van der Waals surface area contributed by atoms with Crippen molar-refractivity contribution in [3.05, 3.63) is 24.4 Å². The molecule has 1 spiro atoms. The highest BCUT2D eigenvalue weighted by atomic mass is 32.1. The Morgan fingerprint density at radius 1 is 1.16 bits per heavy atom. The molecule has 1 aliphatic carbocycles. The molecule has 2 aromatic heterocycles. The van der Waals surface area contributed by atoms with E-state index in [0.29, 0.717) is 5.41 Å². The molecule has 4 rings (SSSR count). The van der Waals surface area contributed by atoms with Crippen LogP contribution in [0.2, 0.25) is 0 Å². The van der Waals surface area contributed by atoms with Crippen molar-refractivity contribution in [2.45, 2.75) is 25.7 Å². The number of anilines is 1.